The molecule has 1 fully saturated rings. The van der Waals surface area contributed by atoms with E-state index in [1.165, 1.54) is 6.07 Å². The molecule has 0 spiro atoms. The molecule has 2 rings (SSSR count). The summed E-state index contributed by atoms with van der Waals surface area (Å²) < 4.78 is 14.3. The molecule has 1 saturated heterocycles. The van der Waals surface area contributed by atoms with E-state index in [9.17, 15) is 9.50 Å². The van der Waals surface area contributed by atoms with Gasteiger partial charge in [0, 0.05) is 13.1 Å². The van der Waals surface area contributed by atoms with E-state index in [1.807, 2.05) is 6.07 Å². The van der Waals surface area contributed by atoms with Crippen molar-refractivity contribution in [2.24, 2.45) is 0 Å². The third-order valence-corrected chi connectivity index (χ3v) is 3.94. The monoisotopic (exact) mass is 280 g/mol. The molecule has 3 nitrogen and oxygen atoms in total. The predicted molar refractivity (Wildman–Crippen MR) is 80.5 cm³/mol. The second-order valence-corrected chi connectivity index (χ2v) is 5.45. The molecule has 1 unspecified atom stereocenters. The van der Waals surface area contributed by atoms with Gasteiger partial charge in [0.25, 0.3) is 0 Å². The van der Waals surface area contributed by atoms with Crippen molar-refractivity contribution in [1.82, 2.24) is 5.32 Å². The lowest BCUT2D eigenvalue weighted by atomic mass is 10.00. The van der Waals surface area contributed by atoms with Crippen molar-refractivity contribution in [2.45, 2.75) is 45.2 Å². The average molecular weight is 280 g/mol. The zero-order chi connectivity index (χ0) is 14.4. The first-order valence-electron chi connectivity index (χ1n) is 7.63. The minimum atomic E-state index is -0.179. The number of hydrogen-bond donors (Lipinski definition) is 2. The Kier molecular flexibility index (Phi) is 5.80. The maximum Gasteiger partial charge on any atom is 0.146 e. The van der Waals surface area contributed by atoms with Gasteiger partial charge in [-0.1, -0.05) is 19.1 Å². The third kappa shape index (κ3) is 3.49. The van der Waals surface area contributed by atoms with Crippen molar-refractivity contribution >= 4 is 5.69 Å². The highest BCUT2D eigenvalue weighted by atomic mass is 19.1. The van der Waals surface area contributed by atoms with Crippen LogP contribution in [0.4, 0.5) is 10.1 Å². The molecule has 112 valence electrons. The Balaban J connectivity index is 2.23. The molecule has 2 N–H and O–H groups in total. The molecule has 0 saturated carbocycles. The van der Waals surface area contributed by atoms with Crippen LogP contribution in [-0.2, 0) is 6.54 Å². The first-order chi connectivity index (χ1) is 9.77. The number of aliphatic hydroxyl groups excluding tert-OH is 1. The second-order valence-electron chi connectivity index (χ2n) is 5.45. The van der Waals surface area contributed by atoms with Gasteiger partial charge < -0.3 is 15.3 Å². The molecule has 4 heteroatoms. The summed E-state index contributed by atoms with van der Waals surface area (Å²) in [6, 6.07) is 5.30. The minimum Gasteiger partial charge on any atom is -0.394 e. The van der Waals surface area contributed by atoms with E-state index in [1.54, 1.807) is 6.07 Å². The van der Waals surface area contributed by atoms with E-state index in [4.69, 9.17) is 0 Å². The van der Waals surface area contributed by atoms with Crippen LogP contribution in [0.25, 0.3) is 0 Å². The fourth-order valence-electron chi connectivity index (χ4n) is 2.91. The zero-order valence-corrected chi connectivity index (χ0v) is 12.2. The summed E-state index contributed by atoms with van der Waals surface area (Å²) in [4.78, 5) is 2.06. The van der Waals surface area contributed by atoms with Crippen LogP contribution < -0.4 is 10.2 Å². The van der Waals surface area contributed by atoms with Crippen LogP contribution in [0.2, 0.25) is 0 Å². The summed E-state index contributed by atoms with van der Waals surface area (Å²) in [5.74, 6) is -0.179. The molecule has 20 heavy (non-hydrogen) atoms. The van der Waals surface area contributed by atoms with Gasteiger partial charge in [-0.15, -0.1) is 0 Å². The van der Waals surface area contributed by atoms with Gasteiger partial charge in [0.2, 0.25) is 0 Å². The molecule has 1 aliphatic heterocycles. The highest BCUT2D eigenvalue weighted by Gasteiger charge is 2.25. The van der Waals surface area contributed by atoms with Crippen LogP contribution in [-0.4, -0.2) is 30.8 Å². The van der Waals surface area contributed by atoms with Crippen LogP contribution in [0.15, 0.2) is 18.2 Å². The van der Waals surface area contributed by atoms with Crippen molar-refractivity contribution in [3.63, 3.8) is 0 Å². The molecule has 0 aliphatic carbocycles. The Morgan fingerprint density at radius 1 is 1.40 bits per heavy atom. The van der Waals surface area contributed by atoms with Gasteiger partial charge >= 0.3 is 0 Å². The molecule has 1 aromatic carbocycles. The van der Waals surface area contributed by atoms with Crippen LogP contribution in [0.3, 0.4) is 0 Å². The average Bonchev–Trinajstić information content (AvgIpc) is 2.48. The van der Waals surface area contributed by atoms with Gasteiger partial charge in [0.15, 0.2) is 0 Å². The predicted octanol–water partition coefficient (Wildman–Crippen LogP) is 2.68. The molecule has 1 aliphatic rings. The lowest BCUT2D eigenvalue weighted by Gasteiger charge is -2.38. The van der Waals surface area contributed by atoms with Gasteiger partial charge in [-0.05, 0) is 43.9 Å². The lowest BCUT2D eigenvalue weighted by Crippen LogP contribution is -2.43. The summed E-state index contributed by atoms with van der Waals surface area (Å²) in [5.41, 5.74) is 1.66. The van der Waals surface area contributed by atoms with Gasteiger partial charge in [0.1, 0.15) is 5.82 Å². The molecule has 0 radical (unpaired) electrons. The Bertz CT molecular complexity index is 425. The van der Waals surface area contributed by atoms with E-state index in [-0.39, 0.29) is 18.5 Å². The fraction of sp³-hybridized carbons (Fsp3) is 0.625. The van der Waals surface area contributed by atoms with Gasteiger partial charge in [0.05, 0.1) is 18.3 Å². The number of aliphatic hydroxyl groups is 1. The normalized spacial score (nSPS) is 19.4. The molecule has 1 aromatic rings. The van der Waals surface area contributed by atoms with Crippen molar-refractivity contribution in [2.75, 3.05) is 24.6 Å². The zero-order valence-electron chi connectivity index (χ0n) is 12.2. The van der Waals surface area contributed by atoms with Crippen LogP contribution in [0.1, 0.15) is 38.2 Å². The highest BCUT2D eigenvalue weighted by Crippen LogP contribution is 2.30. The smallest absolute Gasteiger partial charge is 0.146 e. The second kappa shape index (κ2) is 7.60. The Morgan fingerprint density at radius 3 is 3.00 bits per heavy atom. The number of piperidine rings is 1. The van der Waals surface area contributed by atoms with Gasteiger partial charge in [-0.2, -0.15) is 0 Å². The number of nitrogens with one attached hydrogen (secondary N) is 1. The van der Waals surface area contributed by atoms with Crippen LogP contribution >= 0.6 is 0 Å². The van der Waals surface area contributed by atoms with Crippen molar-refractivity contribution in [3.05, 3.63) is 29.6 Å². The van der Waals surface area contributed by atoms with E-state index < -0.39 is 0 Å². The Labute approximate surface area is 120 Å². The summed E-state index contributed by atoms with van der Waals surface area (Å²) in [5, 5.41) is 12.9. The lowest BCUT2D eigenvalue weighted by molar-refractivity contribution is 0.239. The van der Waals surface area contributed by atoms with E-state index in [0.29, 0.717) is 12.2 Å². The Hall–Kier alpha value is -1.13. The summed E-state index contributed by atoms with van der Waals surface area (Å²) >= 11 is 0. The summed E-state index contributed by atoms with van der Waals surface area (Å²) in [6.07, 6.45) is 4.17. The number of benzene rings is 1. The molecule has 0 bridgehead atoms. The summed E-state index contributed by atoms with van der Waals surface area (Å²) in [6.45, 7) is 4.64. The quantitative estimate of drug-likeness (QED) is 0.786. The SMILES string of the molecule is CCCNCc1cccc(F)c1N1CCCCC1CO. The van der Waals surface area contributed by atoms with Crippen molar-refractivity contribution < 1.29 is 9.50 Å². The molecule has 1 atom stereocenters. The standard InChI is InChI=1S/C16H25FN2O/c1-2-9-18-11-13-6-5-8-15(17)16(13)19-10-4-3-7-14(19)12-20/h5-6,8,14,18,20H,2-4,7,9-12H2,1H3. The maximum atomic E-state index is 14.3. The minimum absolute atomic E-state index is 0.0468. The van der Waals surface area contributed by atoms with Gasteiger partial charge in [-0.25, -0.2) is 4.39 Å². The van der Waals surface area contributed by atoms with E-state index >= 15 is 0 Å². The number of anilines is 1. The first kappa shape index (κ1) is 15.3. The number of halogens is 1. The third-order valence-electron chi connectivity index (χ3n) is 3.94. The molecule has 0 amide bonds. The number of nitrogens with zero attached hydrogens (tertiary/aromatic N) is 1. The van der Waals surface area contributed by atoms with E-state index in [0.717, 1.165) is 44.3 Å². The van der Waals surface area contributed by atoms with Crippen LogP contribution in [0.5, 0.6) is 0 Å². The molecule has 0 aromatic heterocycles. The highest BCUT2D eigenvalue weighted by molar-refractivity contribution is 5.56. The molecular formula is C16H25FN2O. The fourth-order valence-corrected chi connectivity index (χ4v) is 2.91. The van der Waals surface area contributed by atoms with Crippen LogP contribution in [0, 0.1) is 5.82 Å². The maximum absolute atomic E-state index is 14.3. The molecule has 1 heterocycles. The topological polar surface area (TPSA) is 35.5 Å². The van der Waals surface area contributed by atoms with Crippen molar-refractivity contribution in [3.8, 4) is 0 Å². The largest absolute Gasteiger partial charge is 0.394 e. The Morgan fingerprint density at radius 2 is 2.25 bits per heavy atom. The number of hydrogen-bond acceptors (Lipinski definition) is 3. The van der Waals surface area contributed by atoms with Crippen molar-refractivity contribution in [1.29, 1.82) is 0 Å². The molecular weight excluding hydrogens is 255 g/mol. The number of rotatable bonds is 6. The number of para-hydroxylation sites is 1. The summed E-state index contributed by atoms with van der Waals surface area (Å²) in [7, 11) is 0. The van der Waals surface area contributed by atoms with Gasteiger partial charge in [-0.3, -0.25) is 0 Å². The first-order valence-corrected chi connectivity index (χ1v) is 7.63. The van der Waals surface area contributed by atoms with E-state index in [2.05, 4.69) is 17.1 Å².